The van der Waals surface area contributed by atoms with Gasteiger partial charge in [-0.05, 0) is 25.7 Å². The Labute approximate surface area is 122 Å². The fraction of sp³-hybridized carbons (Fsp3) is 1.00. The molecule has 0 spiro atoms. The molecule has 1 saturated heterocycles. The minimum atomic E-state index is -3.24. The Morgan fingerprint density at radius 1 is 1.30 bits per heavy atom. The summed E-state index contributed by atoms with van der Waals surface area (Å²) in [6.45, 7) is 3.30. The number of methoxy groups -OCH3 is 1. The summed E-state index contributed by atoms with van der Waals surface area (Å²) in [6.07, 6.45) is 5.96. The van der Waals surface area contributed by atoms with Crippen molar-refractivity contribution in [3.8, 4) is 0 Å². The van der Waals surface area contributed by atoms with Crippen LogP contribution in [0.15, 0.2) is 0 Å². The average Bonchev–Trinajstić information content (AvgIpc) is 2.48. The van der Waals surface area contributed by atoms with Crippen LogP contribution in [0.5, 0.6) is 0 Å². The van der Waals surface area contributed by atoms with Crippen molar-refractivity contribution in [1.82, 2.24) is 4.31 Å². The molecule has 0 aromatic rings. The normalized spacial score (nSPS) is 28.4. The van der Waals surface area contributed by atoms with Crippen molar-refractivity contribution >= 4 is 10.0 Å². The quantitative estimate of drug-likeness (QED) is 0.775. The Hall–Kier alpha value is -0.170. The Morgan fingerprint density at radius 3 is 2.65 bits per heavy atom. The highest BCUT2D eigenvalue weighted by Gasteiger charge is 2.34. The van der Waals surface area contributed by atoms with Crippen LogP contribution in [-0.2, 0) is 19.5 Å². The van der Waals surface area contributed by atoms with Crippen LogP contribution in [0.3, 0.4) is 0 Å². The molecule has 0 radical (unpaired) electrons. The highest BCUT2D eigenvalue weighted by atomic mass is 32.2. The summed E-state index contributed by atoms with van der Waals surface area (Å²) in [4.78, 5) is 0. The van der Waals surface area contributed by atoms with Gasteiger partial charge < -0.3 is 9.47 Å². The molecule has 2 aliphatic rings. The fourth-order valence-corrected chi connectivity index (χ4v) is 4.83. The van der Waals surface area contributed by atoms with E-state index in [2.05, 4.69) is 0 Å². The van der Waals surface area contributed by atoms with Gasteiger partial charge in [-0.25, -0.2) is 8.42 Å². The summed E-state index contributed by atoms with van der Waals surface area (Å²) in [6, 6.07) is 0. The van der Waals surface area contributed by atoms with E-state index in [9.17, 15) is 8.42 Å². The molecule has 2 rings (SSSR count). The number of nitrogens with zero attached hydrogens (tertiary/aromatic N) is 1. The van der Waals surface area contributed by atoms with E-state index in [1.54, 1.807) is 18.3 Å². The lowest BCUT2D eigenvalue weighted by atomic mass is 9.85. The number of hydrogen-bond donors (Lipinski definition) is 0. The summed E-state index contributed by atoms with van der Waals surface area (Å²) < 4.78 is 37.3. The van der Waals surface area contributed by atoms with Gasteiger partial charge >= 0.3 is 0 Å². The van der Waals surface area contributed by atoms with Crippen LogP contribution in [0.2, 0.25) is 0 Å². The summed E-state index contributed by atoms with van der Waals surface area (Å²) in [5.41, 5.74) is 0. The van der Waals surface area contributed by atoms with Gasteiger partial charge in [-0.3, -0.25) is 0 Å². The summed E-state index contributed by atoms with van der Waals surface area (Å²) in [7, 11) is -1.69. The van der Waals surface area contributed by atoms with Gasteiger partial charge in [0.25, 0.3) is 0 Å². The summed E-state index contributed by atoms with van der Waals surface area (Å²) in [5.74, 6) is 0.586. The SMILES string of the molecule is CO[C@H](C)CS(=O)(=O)N1CCO[C@@H](C2CCCCC2)C1. The molecule has 20 heavy (non-hydrogen) atoms. The van der Waals surface area contributed by atoms with Crippen LogP contribution in [0, 0.1) is 5.92 Å². The minimum Gasteiger partial charge on any atom is -0.381 e. The van der Waals surface area contributed by atoms with Crippen molar-refractivity contribution in [1.29, 1.82) is 0 Å². The molecule has 1 saturated carbocycles. The second-order valence-corrected chi connectivity index (χ2v) is 8.00. The smallest absolute Gasteiger partial charge is 0.216 e. The Balaban J connectivity index is 1.95. The second-order valence-electron chi connectivity index (χ2n) is 5.99. The molecule has 0 N–H and O–H groups in total. The average molecular weight is 305 g/mol. The van der Waals surface area contributed by atoms with E-state index in [1.165, 1.54) is 32.1 Å². The lowest BCUT2D eigenvalue weighted by Gasteiger charge is -2.38. The van der Waals surface area contributed by atoms with Crippen molar-refractivity contribution in [3.05, 3.63) is 0 Å². The van der Waals surface area contributed by atoms with E-state index >= 15 is 0 Å². The van der Waals surface area contributed by atoms with E-state index in [0.29, 0.717) is 25.6 Å². The zero-order valence-corrected chi connectivity index (χ0v) is 13.4. The van der Waals surface area contributed by atoms with Crippen LogP contribution in [0.4, 0.5) is 0 Å². The molecule has 1 aliphatic heterocycles. The molecule has 0 bridgehead atoms. The zero-order valence-electron chi connectivity index (χ0n) is 12.6. The summed E-state index contributed by atoms with van der Waals surface area (Å²) >= 11 is 0. The van der Waals surface area contributed by atoms with Crippen molar-refractivity contribution in [2.24, 2.45) is 5.92 Å². The number of rotatable bonds is 5. The monoisotopic (exact) mass is 305 g/mol. The molecule has 1 heterocycles. The molecule has 5 nitrogen and oxygen atoms in total. The molecule has 2 atom stereocenters. The maximum atomic E-state index is 12.4. The number of morpholine rings is 1. The number of sulfonamides is 1. The molecule has 0 aromatic carbocycles. The van der Waals surface area contributed by atoms with Crippen LogP contribution >= 0.6 is 0 Å². The molecule has 118 valence electrons. The predicted octanol–water partition coefficient (Wildman–Crippen LogP) is 1.63. The first-order valence-electron chi connectivity index (χ1n) is 7.65. The Kier molecular flexibility index (Phi) is 5.84. The van der Waals surface area contributed by atoms with Crippen molar-refractivity contribution < 1.29 is 17.9 Å². The van der Waals surface area contributed by atoms with Crippen molar-refractivity contribution in [2.75, 3.05) is 32.6 Å². The van der Waals surface area contributed by atoms with Gasteiger partial charge in [0.1, 0.15) is 0 Å². The first-order chi connectivity index (χ1) is 9.53. The lowest BCUT2D eigenvalue weighted by molar-refractivity contribution is -0.0433. The highest BCUT2D eigenvalue weighted by Crippen LogP contribution is 2.30. The van der Waals surface area contributed by atoms with Crippen molar-refractivity contribution in [3.63, 3.8) is 0 Å². The molecule has 0 amide bonds. The van der Waals surface area contributed by atoms with Crippen LogP contribution in [0.25, 0.3) is 0 Å². The van der Waals surface area contributed by atoms with Gasteiger partial charge in [0.2, 0.25) is 10.0 Å². The van der Waals surface area contributed by atoms with E-state index in [4.69, 9.17) is 9.47 Å². The van der Waals surface area contributed by atoms with E-state index in [0.717, 1.165) is 0 Å². The molecule has 1 aliphatic carbocycles. The molecular formula is C14H27NO4S. The van der Waals surface area contributed by atoms with Gasteiger partial charge in [0.15, 0.2) is 0 Å². The first kappa shape index (κ1) is 16.2. The van der Waals surface area contributed by atoms with E-state index < -0.39 is 10.0 Å². The third kappa shape index (κ3) is 4.16. The van der Waals surface area contributed by atoms with E-state index in [-0.39, 0.29) is 18.0 Å². The van der Waals surface area contributed by atoms with Crippen LogP contribution < -0.4 is 0 Å². The third-order valence-corrected chi connectivity index (χ3v) is 6.48. The third-order valence-electron chi connectivity index (χ3n) is 4.47. The largest absolute Gasteiger partial charge is 0.381 e. The van der Waals surface area contributed by atoms with Gasteiger partial charge in [-0.1, -0.05) is 19.3 Å². The van der Waals surface area contributed by atoms with Gasteiger partial charge in [0.05, 0.1) is 24.6 Å². The standard InChI is InChI=1S/C14H27NO4S/c1-12(18-2)11-20(16,17)15-8-9-19-14(10-15)13-6-4-3-5-7-13/h12-14H,3-11H2,1-2H3/t12-,14-/m1/s1. The maximum absolute atomic E-state index is 12.4. The van der Waals surface area contributed by atoms with Gasteiger partial charge in [-0.2, -0.15) is 4.31 Å². The van der Waals surface area contributed by atoms with Gasteiger partial charge in [0, 0.05) is 20.2 Å². The highest BCUT2D eigenvalue weighted by molar-refractivity contribution is 7.89. The lowest BCUT2D eigenvalue weighted by Crippen LogP contribution is -2.50. The molecule has 0 unspecified atom stereocenters. The summed E-state index contributed by atoms with van der Waals surface area (Å²) in [5, 5.41) is 0. The zero-order chi connectivity index (χ0) is 14.6. The topological polar surface area (TPSA) is 55.8 Å². The maximum Gasteiger partial charge on any atom is 0.216 e. The molecular weight excluding hydrogens is 278 g/mol. The fourth-order valence-electron chi connectivity index (χ4n) is 3.16. The predicted molar refractivity (Wildman–Crippen MR) is 78.1 cm³/mol. The molecule has 0 aromatic heterocycles. The molecule has 2 fully saturated rings. The number of hydrogen-bond acceptors (Lipinski definition) is 4. The first-order valence-corrected chi connectivity index (χ1v) is 9.26. The van der Waals surface area contributed by atoms with Crippen molar-refractivity contribution in [2.45, 2.75) is 51.2 Å². The number of ether oxygens (including phenoxy) is 2. The van der Waals surface area contributed by atoms with Gasteiger partial charge in [-0.15, -0.1) is 0 Å². The minimum absolute atomic E-state index is 0.0564. The van der Waals surface area contributed by atoms with Crippen LogP contribution in [0.1, 0.15) is 39.0 Å². The molecule has 6 heteroatoms. The second kappa shape index (κ2) is 7.20. The Bertz CT molecular complexity index is 392. The van der Waals surface area contributed by atoms with Crippen LogP contribution in [-0.4, -0.2) is 57.5 Å². The van der Waals surface area contributed by atoms with E-state index in [1.807, 2.05) is 0 Å². The Morgan fingerprint density at radius 2 is 2.00 bits per heavy atom.